The van der Waals surface area contributed by atoms with Gasteiger partial charge in [-0.2, -0.15) is 0 Å². The fourth-order valence-corrected chi connectivity index (χ4v) is 2.00. The number of ketones is 1. The minimum atomic E-state index is -0.0200. The van der Waals surface area contributed by atoms with Gasteiger partial charge in [-0.3, -0.25) is 4.79 Å². The highest BCUT2D eigenvalue weighted by Crippen LogP contribution is 2.20. The molecule has 0 atom stereocenters. The summed E-state index contributed by atoms with van der Waals surface area (Å²) >= 11 is 0. The Hall–Kier alpha value is -2.61. The summed E-state index contributed by atoms with van der Waals surface area (Å²) in [6.45, 7) is 0. The molecule has 0 unspecified atom stereocenters. The SMILES string of the molecule is O=C(c1ccc(-c2ccccc2)cc1)c1ccoc1. The van der Waals surface area contributed by atoms with Crippen molar-refractivity contribution in [1.29, 1.82) is 0 Å². The van der Waals surface area contributed by atoms with Gasteiger partial charge in [0.25, 0.3) is 0 Å². The predicted molar refractivity (Wildman–Crippen MR) is 74.0 cm³/mol. The van der Waals surface area contributed by atoms with Crippen molar-refractivity contribution in [2.24, 2.45) is 0 Å². The lowest BCUT2D eigenvalue weighted by molar-refractivity contribution is 0.103. The summed E-state index contributed by atoms with van der Waals surface area (Å²) in [7, 11) is 0. The molecule has 0 saturated heterocycles. The third-order valence-corrected chi connectivity index (χ3v) is 3.04. The fourth-order valence-electron chi connectivity index (χ4n) is 2.00. The molecule has 0 bridgehead atoms. The zero-order valence-electron chi connectivity index (χ0n) is 10.2. The van der Waals surface area contributed by atoms with Crippen LogP contribution in [0.5, 0.6) is 0 Å². The van der Waals surface area contributed by atoms with Gasteiger partial charge in [0.05, 0.1) is 11.8 Å². The number of carbonyl (C=O) groups excluding carboxylic acids is 1. The van der Waals surface area contributed by atoms with E-state index in [1.807, 2.05) is 54.6 Å². The summed E-state index contributed by atoms with van der Waals surface area (Å²) in [4.78, 5) is 12.1. The Labute approximate surface area is 111 Å². The molecule has 2 nitrogen and oxygen atoms in total. The third-order valence-electron chi connectivity index (χ3n) is 3.04. The van der Waals surface area contributed by atoms with Crippen LogP contribution in [0, 0.1) is 0 Å². The van der Waals surface area contributed by atoms with Crippen LogP contribution in [-0.4, -0.2) is 5.78 Å². The number of carbonyl (C=O) groups is 1. The van der Waals surface area contributed by atoms with Crippen molar-refractivity contribution in [1.82, 2.24) is 0 Å². The van der Waals surface area contributed by atoms with Crippen molar-refractivity contribution < 1.29 is 9.21 Å². The van der Waals surface area contributed by atoms with Gasteiger partial charge in [-0.25, -0.2) is 0 Å². The molecule has 0 aliphatic carbocycles. The Morgan fingerprint density at radius 1 is 0.737 bits per heavy atom. The van der Waals surface area contributed by atoms with Crippen LogP contribution in [-0.2, 0) is 0 Å². The molecule has 0 saturated carbocycles. The summed E-state index contributed by atoms with van der Waals surface area (Å²) in [5.74, 6) is -0.0200. The number of furan rings is 1. The second-order valence-electron chi connectivity index (χ2n) is 4.28. The third kappa shape index (κ3) is 2.33. The molecular weight excluding hydrogens is 236 g/mol. The van der Waals surface area contributed by atoms with Gasteiger partial charge in [0.2, 0.25) is 0 Å². The quantitative estimate of drug-likeness (QED) is 0.651. The monoisotopic (exact) mass is 248 g/mol. The predicted octanol–water partition coefficient (Wildman–Crippen LogP) is 4.18. The maximum Gasteiger partial charge on any atom is 0.196 e. The van der Waals surface area contributed by atoms with Crippen molar-refractivity contribution >= 4 is 5.78 Å². The Morgan fingerprint density at radius 3 is 2.05 bits per heavy atom. The molecule has 2 aromatic carbocycles. The summed E-state index contributed by atoms with van der Waals surface area (Å²) in [6.07, 6.45) is 2.97. The second-order valence-corrected chi connectivity index (χ2v) is 4.28. The fraction of sp³-hybridized carbons (Fsp3) is 0. The Morgan fingerprint density at radius 2 is 1.42 bits per heavy atom. The van der Waals surface area contributed by atoms with Gasteiger partial charge in [-0.15, -0.1) is 0 Å². The lowest BCUT2D eigenvalue weighted by Gasteiger charge is -2.03. The molecular formula is C17H12O2. The van der Waals surface area contributed by atoms with Gasteiger partial charge < -0.3 is 4.42 Å². The van der Waals surface area contributed by atoms with Crippen molar-refractivity contribution in [3.05, 3.63) is 84.3 Å². The van der Waals surface area contributed by atoms with Gasteiger partial charge >= 0.3 is 0 Å². The molecule has 1 aromatic heterocycles. The van der Waals surface area contributed by atoms with E-state index in [1.165, 1.54) is 12.5 Å². The molecule has 3 rings (SSSR count). The van der Waals surface area contributed by atoms with E-state index in [2.05, 4.69) is 0 Å². The van der Waals surface area contributed by atoms with E-state index in [0.717, 1.165) is 11.1 Å². The van der Waals surface area contributed by atoms with E-state index in [0.29, 0.717) is 11.1 Å². The summed E-state index contributed by atoms with van der Waals surface area (Å²) in [6, 6.07) is 19.4. The number of hydrogen-bond donors (Lipinski definition) is 0. The van der Waals surface area contributed by atoms with Crippen molar-refractivity contribution in [2.45, 2.75) is 0 Å². The average molecular weight is 248 g/mol. The highest BCUT2D eigenvalue weighted by atomic mass is 16.3. The molecule has 0 N–H and O–H groups in total. The first-order valence-electron chi connectivity index (χ1n) is 6.07. The van der Waals surface area contributed by atoms with Gasteiger partial charge in [-0.1, -0.05) is 54.6 Å². The minimum absolute atomic E-state index is 0.0200. The molecule has 0 radical (unpaired) electrons. The summed E-state index contributed by atoms with van der Waals surface area (Å²) < 4.78 is 4.93. The first kappa shape index (κ1) is 11.5. The topological polar surface area (TPSA) is 30.2 Å². The van der Waals surface area contributed by atoms with E-state index < -0.39 is 0 Å². The molecule has 1 heterocycles. The summed E-state index contributed by atoms with van der Waals surface area (Å²) in [5, 5.41) is 0. The number of hydrogen-bond acceptors (Lipinski definition) is 2. The first-order chi connectivity index (χ1) is 9.34. The van der Waals surface area contributed by atoms with Gasteiger partial charge in [0.1, 0.15) is 6.26 Å². The number of benzene rings is 2. The van der Waals surface area contributed by atoms with Crippen LogP contribution in [0.1, 0.15) is 15.9 Å². The van der Waals surface area contributed by atoms with Crippen molar-refractivity contribution in [3.63, 3.8) is 0 Å². The molecule has 2 heteroatoms. The van der Waals surface area contributed by atoms with Crippen LogP contribution < -0.4 is 0 Å². The molecule has 0 amide bonds. The lowest BCUT2D eigenvalue weighted by Crippen LogP contribution is -1.98. The number of rotatable bonds is 3. The second kappa shape index (κ2) is 4.94. The summed E-state index contributed by atoms with van der Waals surface area (Å²) in [5.41, 5.74) is 3.49. The molecule has 0 aliphatic rings. The van der Waals surface area contributed by atoms with E-state index in [1.54, 1.807) is 6.07 Å². The highest BCUT2D eigenvalue weighted by molar-refractivity contribution is 6.08. The maximum absolute atomic E-state index is 12.1. The molecule has 92 valence electrons. The molecule has 19 heavy (non-hydrogen) atoms. The van der Waals surface area contributed by atoms with Crippen LogP contribution in [0.25, 0.3) is 11.1 Å². The molecule has 0 spiro atoms. The van der Waals surface area contributed by atoms with Crippen LogP contribution in [0.15, 0.2) is 77.6 Å². The Kier molecular flexibility index (Phi) is 2.99. The molecule has 3 aromatic rings. The smallest absolute Gasteiger partial charge is 0.196 e. The largest absolute Gasteiger partial charge is 0.472 e. The van der Waals surface area contributed by atoms with Gasteiger partial charge in [0, 0.05) is 5.56 Å². The average Bonchev–Trinajstić information content (AvgIpc) is 3.02. The normalized spacial score (nSPS) is 10.3. The molecule has 0 aliphatic heterocycles. The van der Waals surface area contributed by atoms with Crippen molar-refractivity contribution in [3.8, 4) is 11.1 Å². The zero-order chi connectivity index (χ0) is 13.1. The van der Waals surface area contributed by atoms with Crippen LogP contribution in [0.2, 0.25) is 0 Å². The maximum atomic E-state index is 12.1. The Bertz CT molecular complexity index is 665. The van der Waals surface area contributed by atoms with E-state index in [9.17, 15) is 4.79 Å². The molecule has 0 fully saturated rings. The van der Waals surface area contributed by atoms with Crippen molar-refractivity contribution in [2.75, 3.05) is 0 Å². The lowest BCUT2D eigenvalue weighted by atomic mass is 10.0. The Balaban J connectivity index is 1.90. The minimum Gasteiger partial charge on any atom is -0.472 e. The standard InChI is InChI=1S/C17H12O2/c18-17(16-10-11-19-12-16)15-8-6-14(7-9-15)13-4-2-1-3-5-13/h1-12H. The van der Waals surface area contributed by atoms with E-state index in [4.69, 9.17) is 4.42 Å². The van der Waals surface area contributed by atoms with Gasteiger partial charge in [0.15, 0.2) is 5.78 Å². The first-order valence-corrected chi connectivity index (χ1v) is 6.07. The van der Waals surface area contributed by atoms with E-state index in [-0.39, 0.29) is 5.78 Å². The highest BCUT2D eigenvalue weighted by Gasteiger charge is 2.09. The van der Waals surface area contributed by atoms with Gasteiger partial charge in [-0.05, 0) is 17.2 Å². The van der Waals surface area contributed by atoms with Crippen LogP contribution >= 0.6 is 0 Å². The van der Waals surface area contributed by atoms with Crippen LogP contribution in [0.4, 0.5) is 0 Å². The van der Waals surface area contributed by atoms with E-state index >= 15 is 0 Å². The zero-order valence-corrected chi connectivity index (χ0v) is 10.2. The van der Waals surface area contributed by atoms with Crippen LogP contribution in [0.3, 0.4) is 0 Å².